The summed E-state index contributed by atoms with van der Waals surface area (Å²) in [5.41, 5.74) is 4.69. The minimum Gasteiger partial charge on any atom is -0.271 e. The fraction of sp³-hybridized carbons (Fsp3) is 0.300. The van der Waals surface area contributed by atoms with Crippen LogP contribution in [0.3, 0.4) is 0 Å². The lowest BCUT2D eigenvalue weighted by atomic mass is 10.0. The summed E-state index contributed by atoms with van der Waals surface area (Å²) in [4.78, 5) is 4.17. The van der Waals surface area contributed by atoms with Gasteiger partial charge in [-0.3, -0.25) is 16.3 Å². The third-order valence-electron chi connectivity index (χ3n) is 1.95. The first-order valence-electron chi connectivity index (χ1n) is 4.10. The van der Waals surface area contributed by atoms with Gasteiger partial charge in [0.2, 0.25) is 0 Å². The van der Waals surface area contributed by atoms with E-state index in [4.69, 9.17) is 12.3 Å². The third kappa shape index (κ3) is 2.28. The van der Waals surface area contributed by atoms with E-state index in [0.29, 0.717) is 6.42 Å². The Morgan fingerprint density at radius 3 is 3.08 bits per heavy atom. The fourth-order valence-corrected chi connectivity index (χ4v) is 1.24. The molecule has 0 amide bonds. The van der Waals surface area contributed by atoms with E-state index in [0.717, 1.165) is 11.3 Å². The van der Waals surface area contributed by atoms with Gasteiger partial charge < -0.3 is 0 Å². The predicted octanol–water partition coefficient (Wildman–Crippen LogP) is 0.918. The quantitative estimate of drug-likeness (QED) is 0.408. The Balaban J connectivity index is 2.92. The van der Waals surface area contributed by atoms with Crippen molar-refractivity contribution >= 4 is 0 Å². The normalized spacial score (nSPS) is 12.1. The highest BCUT2D eigenvalue weighted by Gasteiger charge is 2.10. The summed E-state index contributed by atoms with van der Waals surface area (Å²) in [5, 5.41) is 0. The lowest BCUT2D eigenvalue weighted by Gasteiger charge is -2.14. The number of nitrogens with two attached hydrogens (primary N) is 1. The molecule has 1 atom stereocenters. The predicted molar refractivity (Wildman–Crippen MR) is 52.5 cm³/mol. The second-order valence-electron chi connectivity index (χ2n) is 2.81. The SMILES string of the molecule is C#CCC(NN)c1cccnc1C. The van der Waals surface area contributed by atoms with Crippen molar-refractivity contribution in [1.82, 2.24) is 10.4 Å². The largest absolute Gasteiger partial charge is 0.271 e. The molecule has 68 valence electrons. The van der Waals surface area contributed by atoms with Gasteiger partial charge in [0.25, 0.3) is 0 Å². The van der Waals surface area contributed by atoms with E-state index in [-0.39, 0.29) is 6.04 Å². The number of nitrogens with one attached hydrogen (secondary N) is 1. The summed E-state index contributed by atoms with van der Waals surface area (Å²) in [6.07, 6.45) is 7.55. The average Bonchev–Trinajstić information content (AvgIpc) is 2.16. The maximum Gasteiger partial charge on any atom is 0.0586 e. The smallest absolute Gasteiger partial charge is 0.0586 e. The lowest BCUT2D eigenvalue weighted by molar-refractivity contribution is 0.563. The summed E-state index contributed by atoms with van der Waals surface area (Å²) < 4.78 is 0. The molecule has 0 radical (unpaired) electrons. The van der Waals surface area contributed by atoms with Crippen LogP contribution in [0.5, 0.6) is 0 Å². The van der Waals surface area contributed by atoms with Gasteiger partial charge in [0.1, 0.15) is 0 Å². The summed E-state index contributed by atoms with van der Waals surface area (Å²) in [6, 6.07) is 3.85. The molecule has 1 aromatic heterocycles. The first-order chi connectivity index (χ1) is 6.29. The highest BCUT2D eigenvalue weighted by atomic mass is 15.2. The molecule has 3 heteroatoms. The van der Waals surface area contributed by atoms with E-state index in [9.17, 15) is 0 Å². The second-order valence-corrected chi connectivity index (χ2v) is 2.81. The molecular formula is C10H13N3. The van der Waals surface area contributed by atoms with Crippen molar-refractivity contribution in [3.63, 3.8) is 0 Å². The van der Waals surface area contributed by atoms with Crippen LogP contribution in [0.1, 0.15) is 23.7 Å². The number of nitrogens with zero attached hydrogens (tertiary/aromatic N) is 1. The van der Waals surface area contributed by atoms with Crippen molar-refractivity contribution in [3.05, 3.63) is 29.6 Å². The highest BCUT2D eigenvalue weighted by Crippen LogP contribution is 2.17. The van der Waals surface area contributed by atoms with Gasteiger partial charge in [-0.05, 0) is 18.6 Å². The van der Waals surface area contributed by atoms with Crippen LogP contribution < -0.4 is 11.3 Å². The van der Waals surface area contributed by atoms with Gasteiger partial charge in [0, 0.05) is 18.3 Å². The van der Waals surface area contributed by atoms with Crippen molar-refractivity contribution in [2.75, 3.05) is 0 Å². The first-order valence-corrected chi connectivity index (χ1v) is 4.10. The summed E-state index contributed by atoms with van der Waals surface area (Å²) >= 11 is 0. The van der Waals surface area contributed by atoms with Crippen LogP contribution in [-0.4, -0.2) is 4.98 Å². The molecule has 0 aromatic carbocycles. The Bertz CT molecular complexity index is 314. The molecule has 3 nitrogen and oxygen atoms in total. The zero-order valence-corrected chi connectivity index (χ0v) is 7.62. The van der Waals surface area contributed by atoms with Gasteiger partial charge >= 0.3 is 0 Å². The molecule has 0 aliphatic rings. The highest BCUT2D eigenvalue weighted by molar-refractivity contribution is 5.23. The van der Waals surface area contributed by atoms with Crippen LogP contribution in [0.15, 0.2) is 18.3 Å². The van der Waals surface area contributed by atoms with E-state index in [1.54, 1.807) is 6.20 Å². The monoisotopic (exact) mass is 175 g/mol. The number of aryl methyl sites for hydroxylation is 1. The van der Waals surface area contributed by atoms with Gasteiger partial charge in [-0.1, -0.05) is 6.07 Å². The Morgan fingerprint density at radius 2 is 2.54 bits per heavy atom. The molecular weight excluding hydrogens is 162 g/mol. The molecule has 0 fully saturated rings. The van der Waals surface area contributed by atoms with Crippen LogP contribution in [-0.2, 0) is 0 Å². The number of hydrogen-bond acceptors (Lipinski definition) is 3. The molecule has 0 spiro atoms. The third-order valence-corrected chi connectivity index (χ3v) is 1.95. The van der Waals surface area contributed by atoms with Gasteiger partial charge in [-0.25, -0.2) is 0 Å². The van der Waals surface area contributed by atoms with Crippen LogP contribution in [0, 0.1) is 19.3 Å². The lowest BCUT2D eigenvalue weighted by Crippen LogP contribution is -2.28. The zero-order valence-electron chi connectivity index (χ0n) is 7.62. The number of aromatic nitrogens is 1. The first kappa shape index (κ1) is 9.72. The van der Waals surface area contributed by atoms with Crippen LogP contribution in [0.4, 0.5) is 0 Å². The Labute approximate surface area is 78.3 Å². The standard InChI is InChI=1S/C10H13N3/c1-3-5-10(13-11)9-6-4-7-12-8(9)2/h1,4,6-7,10,13H,5,11H2,2H3. The van der Waals surface area contributed by atoms with E-state index in [2.05, 4.69) is 16.3 Å². The number of pyridine rings is 1. The zero-order chi connectivity index (χ0) is 9.68. The van der Waals surface area contributed by atoms with Crippen molar-refractivity contribution in [2.45, 2.75) is 19.4 Å². The molecule has 1 unspecified atom stereocenters. The molecule has 0 saturated heterocycles. The van der Waals surface area contributed by atoms with Gasteiger partial charge in [0.05, 0.1) is 6.04 Å². The fourth-order valence-electron chi connectivity index (χ4n) is 1.24. The Kier molecular flexibility index (Phi) is 3.44. The average molecular weight is 175 g/mol. The van der Waals surface area contributed by atoms with E-state index in [1.165, 1.54) is 0 Å². The number of terminal acetylenes is 1. The Hall–Kier alpha value is -1.37. The summed E-state index contributed by atoms with van der Waals surface area (Å²) in [6.45, 7) is 1.94. The topological polar surface area (TPSA) is 50.9 Å². The van der Waals surface area contributed by atoms with Crippen LogP contribution in [0.25, 0.3) is 0 Å². The van der Waals surface area contributed by atoms with Crippen molar-refractivity contribution in [3.8, 4) is 12.3 Å². The molecule has 1 aromatic rings. The van der Waals surface area contributed by atoms with Gasteiger partial charge in [-0.2, -0.15) is 0 Å². The van der Waals surface area contributed by atoms with Crippen molar-refractivity contribution in [1.29, 1.82) is 0 Å². The van der Waals surface area contributed by atoms with E-state index in [1.807, 2.05) is 19.1 Å². The van der Waals surface area contributed by atoms with Gasteiger partial charge in [-0.15, -0.1) is 12.3 Å². The van der Waals surface area contributed by atoms with E-state index < -0.39 is 0 Å². The maximum absolute atomic E-state index is 5.39. The molecule has 0 aliphatic carbocycles. The summed E-state index contributed by atoms with van der Waals surface area (Å²) in [7, 11) is 0. The molecule has 1 heterocycles. The molecule has 3 N–H and O–H groups in total. The Morgan fingerprint density at radius 1 is 1.77 bits per heavy atom. The minimum absolute atomic E-state index is 0.00120. The molecule has 1 rings (SSSR count). The van der Waals surface area contributed by atoms with Crippen molar-refractivity contribution in [2.24, 2.45) is 5.84 Å². The molecule has 0 aliphatic heterocycles. The number of rotatable bonds is 3. The van der Waals surface area contributed by atoms with Crippen molar-refractivity contribution < 1.29 is 0 Å². The van der Waals surface area contributed by atoms with Crippen LogP contribution in [0.2, 0.25) is 0 Å². The minimum atomic E-state index is -0.00120. The molecule has 0 saturated carbocycles. The van der Waals surface area contributed by atoms with Crippen LogP contribution >= 0.6 is 0 Å². The maximum atomic E-state index is 5.39. The van der Waals surface area contributed by atoms with E-state index >= 15 is 0 Å². The second kappa shape index (κ2) is 4.61. The summed E-state index contributed by atoms with van der Waals surface area (Å²) in [5.74, 6) is 7.96. The molecule has 0 bridgehead atoms. The van der Waals surface area contributed by atoms with Gasteiger partial charge in [0.15, 0.2) is 0 Å². The number of hydrazine groups is 1. The molecule has 13 heavy (non-hydrogen) atoms. The number of hydrogen-bond donors (Lipinski definition) is 2.